The van der Waals surface area contributed by atoms with Gasteiger partial charge in [0.2, 0.25) is 5.91 Å². The summed E-state index contributed by atoms with van der Waals surface area (Å²) in [6.45, 7) is 6.22. The van der Waals surface area contributed by atoms with E-state index in [1.807, 2.05) is 6.07 Å². The van der Waals surface area contributed by atoms with E-state index in [1.165, 1.54) is 40.6 Å². The fourth-order valence-corrected chi connectivity index (χ4v) is 6.25. The topological polar surface area (TPSA) is 99.0 Å². The molecule has 5 rings (SSSR count). The number of nitrogens with zero attached hydrogens (tertiary/aromatic N) is 4. The molecule has 8 nitrogen and oxygen atoms in total. The lowest BCUT2D eigenvalue weighted by molar-refractivity contribution is -0.113. The van der Waals surface area contributed by atoms with Crippen molar-refractivity contribution < 1.29 is 14.3 Å². The van der Waals surface area contributed by atoms with Gasteiger partial charge in [-0.15, -0.1) is 11.3 Å². The predicted molar refractivity (Wildman–Crippen MR) is 138 cm³/mol. The largest absolute Gasteiger partial charge is 0.462 e. The zero-order chi connectivity index (χ0) is 24.5. The molecule has 1 N–H and O–H groups in total. The molecule has 0 unspecified atom stereocenters. The summed E-state index contributed by atoms with van der Waals surface area (Å²) in [6.07, 6.45) is 6.02. The van der Waals surface area contributed by atoms with Gasteiger partial charge in [-0.3, -0.25) is 4.79 Å². The number of thioether (sulfide) groups is 1. The Bertz CT molecular complexity index is 1440. The quantitative estimate of drug-likeness (QED) is 0.216. The van der Waals surface area contributed by atoms with E-state index in [4.69, 9.17) is 4.74 Å². The van der Waals surface area contributed by atoms with Gasteiger partial charge in [-0.1, -0.05) is 17.8 Å². The highest BCUT2D eigenvalue weighted by Gasteiger charge is 2.28. The molecule has 0 fully saturated rings. The van der Waals surface area contributed by atoms with Gasteiger partial charge in [-0.25, -0.2) is 19.4 Å². The fourth-order valence-electron chi connectivity index (χ4n) is 4.19. The first-order valence-corrected chi connectivity index (χ1v) is 13.3. The molecule has 1 amide bonds. The van der Waals surface area contributed by atoms with Crippen LogP contribution in [0.4, 0.5) is 5.00 Å². The van der Waals surface area contributed by atoms with Crippen LogP contribution in [0.15, 0.2) is 35.7 Å². The number of fused-ring (bicyclic) bond motifs is 2. The number of carbonyl (C=O) groups is 2. The zero-order valence-electron chi connectivity index (χ0n) is 19.8. The number of amides is 1. The molecule has 0 atom stereocenters. The van der Waals surface area contributed by atoms with Crippen LogP contribution in [0.25, 0.3) is 16.7 Å². The lowest BCUT2D eigenvalue weighted by atomic mass is 10.1. The smallest absolute Gasteiger partial charge is 0.341 e. The average Bonchev–Trinajstić information content (AvgIpc) is 3.54. The minimum atomic E-state index is -0.369. The van der Waals surface area contributed by atoms with Gasteiger partial charge in [0.25, 0.3) is 0 Å². The minimum absolute atomic E-state index is 0.145. The Morgan fingerprint density at radius 3 is 2.86 bits per heavy atom. The number of ether oxygens (including phenoxy) is 1. The van der Waals surface area contributed by atoms with E-state index in [1.54, 1.807) is 17.8 Å². The lowest BCUT2D eigenvalue weighted by Gasteiger charge is -2.08. The molecule has 0 radical (unpaired) electrons. The van der Waals surface area contributed by atoms with Gasteiger partial charge in [0, 0.05) is 4.88 Å². The van der Waals surface area contributed by atoms with Crippen LogP contribution in [0.2, 0.25) is 0 Å². The second-order valence-corrected chi connectivity index (χ2v) is 10.4. The number of esters is 1. The highest BCUT2D eigenvalue weighted by atomic mass is 32.2. The van der Waals surface area contributed by atoms with Crippen LogP contribution < -0.4 is 5.32 Å². The minimum Gasteiger partial charge on any atom is -0.462 e. The Morgan fingerprint density at radius 1 is 1.20 bits per heavy atom. The van der Waals surface area contributed by atoms with E-state index in [2.05, 4.69) is 46.4 Å². The number of hydrogen-bond donors (Lipinski definition) is 1. The summed E-state index contributed by atoms with van der Waals surface area (Å²) >= 11 is 2.80. The summed E-state index contributed by atoms with van der Waals surface area (Å²) in [6, 6.07) is 6.14. The number of anilines is 1. The summed E-state index contributed by atoms with van der Waals surface area (Å²) < 4.78 is 7.03. The van der Waals surface area contributed by atoms with Crippen molar-refractivity contribution in [1.82, 2.24) is 19.7 Å². The zero-order valence-corrected chi connectivity index (χ0v) is 21.4. The van der Waals surface area contributed by atoms with E-state index in [0.29, 0.717) is 27.8 Å². The Hall–Kier alpha value is -3.24. The van der Waals surface area contributed by atoms with Crippen molar-refractivity contribution in [3.8, 4) is 5.69 Å². The van der Waals surface area contributed by atoms with E-state index < -0.39 is 0 Å². The summed E-state index contributed by atoms with van der Waals surface area (Å²) in [5, 5.41) is 9.49. The molecule has 1 aromatic carbocycles. The lowest BCUT2D eigenvalue weighted by Crippen LogP contribution is -2.16. The van der Waals surface area contributed by atoms with Crippen LogP contribution in [-0.4, -0.2) is 44.0 Å². The van der Waals surface area contributed by atoms with E-state index in [9.17, 15) is 9.59 Å². The highest BCUT2D eigenvalue weighted by Crippen LogP contribution is 2.39. The van der Waals surface area contributed by atoms with Gasteiger partial charge in [0.15, 0.2) is 5.65 Å². The molecule has 0 saturated carbocycles. The van der Waals surface area contributed by atoms with Crippen LogP contribution in [0.1, 0.15) is 45.3 Å². The number of hydrogen-bond acceptors (Lipinski definition) is 8. The molecule has 35 heavy (non-hydrogen) atoms. The highest BCUT2D eigenvalue weighted by molar-refractivity contribution is 8.00. The second kappa shape index (κ2) is 9.79. The van der Waals surface area contributed by atoms with Gasteiger partial charge < -0.3 is 10.1 Å². The Morgan fingerprint density at radius 2 is 2.06 bits per heavy atom. The van der Waals surface area contributed by atoms with Crippen molar-refractivity contribution in [2.45, 2.75) is 45.1 Å². The van der Waals surface area contributed by atoms with Crippen molar-refractivity contribution >= 4 is 51.0 Å². The molecule has 0 spiro atoms. The van der Waals surface area contributed by atoms with Crippen LogP contribution in [0, 0.1) is 13.8 Å². The van der Waals surface area contributed by atoms with Crippen LogP contribution >= 0.6 is 23.1 Å². The molecule has 0 aliphatic heterocycles. The molecule has 10 heteroatoms. The van der Waals surface area contributed by atoms with Crippen molar-refractivity contribution in [1.29, 1.82) is 0 Å². The third-order valence-corrected chi connectivity index (χ3v) is 8.27. The number of aryl methyl sites for hydroxylation is 3. The van der Waals surface area contributed by atoms with E-state index in [-0.39, 0.29) is 17.6 Å². The normalized spacial score (nSPS) is 12.7. The molecule has 0 saturated heterocycles. The first-order chi connectivity index (χ1) is 17.0. The van der Waals surface area contributed by atoms with Crippen LogP contribution in [0.3, 0.4) is 0 Å². The molecular weight excluding hydrogens is 482 g/mol. The summed E-state index contributed by atoms with van der Waals surface area (Å²) in [7, 11) is 0. The Labute approximate surface area is 211 Å². The van der Waals surface area contributed by atoms with Gasteiger partial charge in [0.05, 0.1) is 35.2 Å². The summed E-state index contributed by atoms with van der Waals surface area (Å²) in [5.74, 6) is -0.425. The molecule has 1 aliphatic carbocycles. The monoisotopic (exact) mass is 507 g/mol. The molecule has 3 aromatic heterocycles. The number of rotatable bonds is 7. The van der Waals surface area contributed by atoms with Gasteiger partial charge >= 0.3 is 5.97 Å². The maximum atomic E-state index is 12.8. The third-order valence-electron chi connectivity index (χ3n) is 6.06. The number of carbonyl (C=O) groups excluding carboxylic acids is 2. The van der Waals surface area contributed by atoms with E-state index in [0.717, 1.165) is 40.8 Å². The molecule has 1 aliphatic rings. The number of nitrogens with one attached hydrogen (secondary N) is 1. The number of thiophene rings is 1. The molecule has 180 valence electrons. The van der Waals surface area contributed by atoms with Gasteiger partial charge in [-0.2, -0.15) is 5.10 Å². The number of aromatic nitrogens is 4. The van der Waals surface area contributed by atoms with Crippen LogP contribution in [0.5, 0.6) is 0 Å². The summed E-state index contributed by atoms with van der Waals surface area (Å²) in [5.41, 5.74) is 5.53. The summed E-state index contributed by atoms with van der Waals surface area (Å²) in [4.78, 5) is 35.4. The third kappa shape index (κ3) is 4.55. The first-order valence-electron chi connectivity index (χ1n) is 11.5. The molecule has 4 aromatic rings. The second-order valence-electron chi connectivity index (χ2n) is 8.36. The van der Waals surface area contributed by atoms with E-state index >= 15 is 0 Å². The molecule has 0 bridgehead atoms. The van der Waals surface area contributed by atoms with Crippen molar-refractivity contribution in [3.05, 3.63) is 57.9 Å². The first kappa shape index (κ1) is 23.5. The Balaban J connectivity index is 1.33. The number of benzene rings is 1. The fraction of sp³-hybridized carbons (Fsp3) is 0.320. The average molecular weight is 508 g/mol. The Kier molecular flexibility index (Phi) is 6.57. The van der Waals surface area contributed by atoms with Crippen molar-refractivity contribution in [2.75, 3.05) is 17.7 Å². The maximum absolute atomic E-state index is 12.8. The van der Waals surface area contributed by atoms with Crippen molar-refractivity contribution in [3.63, 3.8) is 0 Å². The molecule has 3 heterocycles. The SMILES string of the molecule is CCOC(=O)c1c(NC(=O)CSc2ncnc3c2cnn3-c2ccc(C)c(C)c2)sc2c1CCC2. The van der Waals surface area contributed by atoms with Crippen LogP contribution in [-0.2, 0) is 22.4 Å². The maximum Gasteiger partial charge on any atom is 0.341 e. The van der Waals surface area contributed by atoms with Gasteiger partial charge in [-0.05, 0) is 68.9 Å². The predicted octanol–water partition coefficient (Wildman–Crippen LogP) is 4.89. The molecular formula is C25H25N5O3S2. The standard InChI is InChI=1S/C25H25N5O3S2/c1-4-33-25(32)21-17-6-5-7-19(17)35-24(21)29-20(31)12-34-23-18-11-28-30(22(18)26-13-27-23)16-9-8-14(2)15(3)10-16/h8-11,13H,4-7,12H2,1-3H3,(H,29,31). The van der Waals surface area contributed by atoms with Crippen molar-refractivity contribution in [2.24, 2.45) is 0 Å². The van der Waals surface area contributed by atoms with Gasteiger partial charge in [0.1, 0.15) is 16.4 Å².